The van der Waals surface area contributed by atoms with Crippen molar-refractivity contribution >= 4 is 79.9 Å². The molecule has 0 aliphatic heterocycles. The molecule has 0 aliphatic carbocycles. The maximum Gasteiger partial charge on any atom is 0.266 e. The van der Waals surface area contributed by atoms with Crippen LogP contribution in [-0.4, -0.2) is 54.0 Å². The van der Waals surface area contributed by atoms with E-state index in [1.54, 1.807) is 84.9 Å². The van der Waals surface area contributed by atoms with Crippen molar-refractivity contribution in [2.75, 3.05) is 10.8 Å². The summed E-state index contributed by atoms with van der Waals surface area (Å²) in [6, 6.07) is 25.2. The van der Waals surface area contributed by atoms with Crippen LogP contribution in [0.4, 0.5) is 5.69 Å². The number of benzene rings is 4. The lowest BCUT2D eigenvalue weighted by Gasteiger charge is -2.24. The monoisotopic (exact) mass is 692 g/mol. The Hall–Kier alpha value is -4.83. The zero-order valence-electron chi connectivity index (χ0n) is 24.1. The second-order valence-corrected chi connectivity index (χ2v) is 11.1. The highest BCUT2D eigenvalue weighted by atomic mass is 35.5. The summed E-state index contributed by atoms with van der Waals surface area (Å²) in [4.78, 5) is 29.3. The van der Waals surface area contributed by atoms with Crippen molar-refractivity contribution in [3.05, 3.63) is 114 Å². The smallest absolute Gasteiger partial charge is 0.266 e. The number of aromatic nitrogens is 1. The standard InChI is InChI=1S/C30H26N6O4S.2ClH.3H2O/c31-27(37)18-36(41(39,40)26-8-2-4-20-6-3-15-34-28(20)26)23-13-14-24-22(16-23)5-1-7-25(24)30(38)35-17-19-9-11-21(12-10-19)29(32)33;;;;;/h1-16H,17-18H2,(H2,31,37)(H3,32,33)(H,35,38);2*1H;3*1H2. The molecule has 0 bridgehead atoms. The van der Waals surface area contributed by atoms with Crippen LogP contribution < -0.4 is 21.1 Å². The van der Waals surface area contributed by atoms with E-state index in [1.807, 2.05) is 0 Å². The number of anilines is 1. The van der Waals surface area contributed by atoms with Crippen LogP contribution in [0, 0.1) is 5.41 Å². The van der Waals surface area contributed by atoms with Crippen molar-refractivity contribution in [3.63, 3.8) is 0 Å². The molecular formula is C30H34Cl2N6O7S. The molecule has 0 atom stereocenters. The van der Waals surface area contributed by atoms with Crippen LogP contribution in [0.2, 0.25) is 0 Å². The number of hydrogen-bond acceptors (Lipinski definition) is 6. The number of amidine groups is 1. The number of primary amides is 1. The number of nitrogens with two attached hydrogens (primary N) is 2. The molecule has 0 spiro atoms. The Morgan fingerprint density at radius 2 is 1.46 bits per heavy atom. The summed E-state index contributed by atoms with van der Waals surface area (Å²) >= 11 is 0. The molecular weight excluding hydrogens is 659 g/mol. The highest BCUT2D eigenvalue weighted by Gasteiger charge is 2.29. The minimum atomic E-state index is -4.25. The first-order valence-corrected chi connectivity index (χ1v) is 14.0. The van der Waals surface area contributed by atoms with Gasteiger partial charge in [0.1, 0.15) is 17.3 Å². The highest BCUT2D eigenvalue weighted by molar-refractivity contribution is 7.93. The Morgan fingerprint density at radius 3 is 2.11 bits per heavy atom. The number of nitrogens with one attached hydrogen (secondary N) is 2. The van der Waals surface area contributed by atoms with Crippen LogP contribution in [-0.2, 0) is 21.4 Å². The lowest BCUT2D eigenvalue weighted by molar-refractivity contribution is -0.116. The fraction of sp³-hybridized carbons (Fsp3) is 0.0667. The molecule has 0 aliphatic rings. The number of carbonyl (C=O) groups excluding carboxylic acids is 2. The van der Waals surface area contributed by atoms with E-state index in [9.17, 15) is 18.0 Å². The molecule has 0 radical (unpaired) electrons. The molecule has 12 N–H and O–H groups in total. The van der Waals surface area contributed by atoms with Gasteiger partial charge in [0.05, 0.1) is 11.2 Å². The van der Waals surface area contributed by atoms with Gasteiger partial charge in [-0.05, 0) is 46.7 Å². The SMILES string of the molecule is Cl.Cl.N=C(N)c1ccc(CNC(=O)c2cccc3cc(N(CC(N)=O)S(=O)(=O)c4cccc5cccnc45)ccc23)cc1.O.O.O. The van der Waals surface area contributed by atoms with Gasteiger partial charge < -0.3 is 33.2 Å². The predicted octanol–water partition coefficient (Wildman–Crippen LogP) is 1.65. The van der Waals surface area contributed by atoms with Crippen molar-refractivity contribution in [3.8, 4) is 0 Å². The van der Waals surface area contributed by atoms with E-state index < -0.39 is 22.5 Å². The fourth-order valence-electron chi connectivity index (χ4n) is 4.56. The van der Waals surface area contributed by atoms with Gasteiger partial charge in [0.25, 0.3) is 15.9 Å². The van der Waals surface area contributed by atoms with Crippen molar-refractivity contribution in [2.24, 2.45) is 11.5 Å². The van der Waals surface area contributed by atoms with Gasteiger partial charge in [0, 0.05) is 29.3 Å². The van der Waals surface area contributed by atoms with Crippen LogP contribution in [0.1, 0.15) is 21.5 Å². The summed E-state index contributed by atoms with van der Waals surface area (Å²) in [5.41, 5.74) is 13.3. The Morgan fingerprint density at radius 1 is 0.826 bits per heavy atom. The number of sulfonamides is 1. The van der Waals surface area contributed by atoms with E-state index in [-0.39, 0.29) is 75.6 Å². The van der Waals surface area contributed by atoms with Crippen LogP contribution in [0.3, 0.4) is 0 Å². The number of carbonyl (C=O) groups is 2. The number of nitrogen functional groups attached to an aromatic ring is 1. The Labute approximate surface area is 276 Å². The van der Waals surface area contributed by atoms with E-state index in [0.29, 0.717) is 27.3 Å². The number of halogens is 2. The molecule has 0 saturated carbocycles. The Balaban J connectivity index is 0.00000405. The zero-order chi connectivity index (χ0) is 29.1. The van der Waals surface area contributed by atoms with Gasteiger partial charge in [-0.15, -0.1) is 24.8 Å². The Kier molecular flexibility index (Phi) is 15.2. The number of pyridine rings is 1. The largest absolute Gasteiger partial charge is 0.412 e. The second-order valence-electron chi connectivity index (χ2n) is 9.31. The Bertz CT molecular complexity index is 1940. The topological polar surface area (TPSA) is 267 Å². The molecule has 16 heteroatoms. The van der Waals surface area contributed by atoms with Crippen LogP contribution in [0.5, 0.6) is 0 Å². The summed E-state index contributed by atoms with van der Waals surface area (Å²) < 4.78 is 28.7. The van der Waals surface area contributed by atoms with Crippen molar-refractivity contribution < 1.29 is 34.4 Å². The van der Waals surface area contributed by atoms with Gasteiger partial charge in [0.15, 0.2) is 0 Å². The lowest BCUT2D eigenvalue weighted by atomic mass is 10.0. The summed E-state index contributed by atoms with van der Waals surface area (Å²) in [5.74, 6) is -1.18. The molecule has 5 rings (SSSR count). The average molecular weight is 694 g/mol. The van der Waals surface area contributed by atoms with Crippen LogP contribution in [0.15, 0.2) is 102 Å². The molecule has 0 unspecified atom stereocenters. The fourth-order valence-corrected chi connectivity index (χ4v) is 6.15. The highest BCUT2D eigenvalue weighted by Crippen LogP contribution is 2.31. The summed E-state index contributed by atoms with van der Waals surface area (Å²) in [6.45, 7) is -0.325. The number of para-hydroxylation sites is 1. The predicted molar refractivity (Wildman–Crippen MR) is 183 cm³/mol. The lowest BCUT2D eigenvalue weighted by Crippen LogP contribution is -2.38. The molecule has 246 valence electrons. The molecule has 0 saturated heterocycles. The van der Waals surface area contributed by atoms with E-state index >= 15 is 0 Å². The van der Waals surface area contributed by atoms with E-state index in [2.05, 4.69) is 10.3 Å². The van der Waals surface area contributed by atoms with E-state index in [4.69, 9.17) is 16.9 Å². The first kappa shape index (κ1) is 41.2. The molecule has 13 nitrogen and oxygen atoms in total. The number of fused-ring (bicyclic) bond motifs is 2. The van der Waals surface area contributed by atoms with Crippen molar-refractivity contribution in [2.45, 2.75) is 11.4 Å². The first-order valence-electron chi connectivity index (χ1n) is 12.5. The van der Waals surface area contributed by atoms with Gasteiger partial charge in [-0.1, -0.05) is 60.7 Å². The minimum absolute atomic E-state index is 0. The maximum absolute atomic E-state index is 13.9. The molecule has 2 amide bonds. The maximum atomic E-state index is 13.9. The van der Waals surface area contributed by atoms with Crippen LogP contribution in [0.25, 0.3) is 21.7 Å². The normalized spacial score (nSPS) is 10.1. The third kappa shape index (κ3) is 8.45. The zero-order valence-corrected chi connectivity index (χ0v) is 26.5. The molecule has 1 heterocycles. The summed E-state index contributed by atoms with van der Waals surface area (Å²) in [7, 11) is -4.25. The average Bonchev–Trinajstić information content (AvgIpc) is 2.97. The third-order valence-corrected chi connectivity index (χ3v) is 8.38. The third-order valence-electron chi connectivity index (χ3n) is 6.58. The minimum Gasteiger partial charge on any atom is -0.412 e. The number of amides is 2. The molecule has 1 aromatic heterocycles. The summed E-state index contributed by atoms with van der Waals surface area (Å²) in [6.07, 6.45) is 1.50. The van der Waals surface area contributed by atoms with Gasteiger partial charge in [-0.25, -0.2) is 8.42 Å². The van der Waals surface area contributed by atoms with Crippen LogP contribution >= 0.6 is 24.8 Å². The van der Waals surface area contributed by atoms with E-state index in [1.165, 1.54) is 12.3 Å². The number of hydrogen-bond donors (Lipinski definition) is 4. The molecule has 46 heavy (non-hydrogen) atoms. The number of nitrogens with zero attached hydrogens (tertiary/aromatic N) is 2. The van der Waals surface area contributed by atoms with Gasteiger partial charge >= 0.3 is 0 Å². The number of rotatable bonds is 9. The second kappa shape index (κ2) is 17.0. The van der Waals surface area contributed by atoms with Crippen molar-refractivity contribution in [1.29, 1.82) is 5.41 Å². The quantitative estimate of drug-likeness (QED) is 0.132. The molecule has 4 aromatic carbocycles. The van der Waals surface area contributed by atoms with E-state index in [0.717, 1.165) is 9.87 Å². The molecule has 0 fully saturated rings. The summed E-state index contributed by atoms with van der Waals surface area (Å²) in [5, 5.41) is 12.2. The molecule has 5 aromatic rings. The van der Waals surface area contributed by atoms with Gasteiger partial charge in [-0.2, -0.15) is 0 Å². The van der Waals surface area contributed by atoms with Gasteiger partial charge in [-0.3, -0.25) is 24.3 Å². The van der Waals surface area contributed by atoms with Crippen molar-refractivity contribution in [1.82, 2.24) is 10.3 Å². The van der Waals surface area contributed by atoms with Gasteiger partial charge in [0.2, 0.25) is 5.91 Å². The first-order chi connectivity index (χ1) is 19.6.